The van der Waals surface area contributed by atoms with Gasteiger partial charge in [0.25, 0.3) is 0 Å². The van der Waals surface area contributed by atoms with E-state index in [2.05, 4.69) is 28.8 Å². The van der Waals surface area contributed by atoms with Crippen molar-refractivity contribution in [1.82, 2.24) is 20.4 Å². The number of nitrogens with one attached hydrogen (secondary N) is 3. The Morgan fingerprint density at radius 1 is 1.16 bits per heavy atom. The van der Waals surface area contributed by atoms with Crippen LogP contribution < -0.4 is 21.3 Å². The largest absolute Gasteiger partial charge is 0.488 e. The Hall–Kier alpha value is -2.57. The second-order valence-corrected chi connectivity index (χ2v) is 6.84. The normalized spacial score (nSPS) is 25.2. The van der Waals surface area contributed by atoms with Gasteiger partial charge < -0.3 is 9.72 Å². The summed E-state index contributed by atoms with van der Waals surface area (Å²) in [5.74, 6) is 1.15. The van der Waals surface area contributed by atoms with E-state index in [9.17, 15) is 4.79 Å². The molecule has 1 saturated heterocycles. The second kappa shape index (κ2) is 5.47. The first-order chi connectivity index (χ1) is 12.2. The van der Waals surface area contributed by atoms with Gasteiger partial charge in [0.05, 0.1) is 11.6 Å². The average Bonchev–Trinajstić information content (AvgIpc) is 3.21. The van der Waals surface area contributed by atoms with Crippen LogP contribution in [0.1, 0.15) is 30.0 Å². The molecule has 3 aromatic rings. The number of benzene rings is 2. The number of aromatic nitrogens is 2. The SMILES string of the molecule is CC1NNCC1c1ccc2[nH]c(=O)n3c2c1OCC3c1ccccc1. The van der Waals surface area contributed by atoms with Gasteiger partial charge in [0, 0.05) is 24.1 Å². The molecule has 3 N–H and O–H groups in total. The number of hydrogen-bond donors (Lipinski definition) is 3. The average molecular weight is 336 g/mol. The summed E-state index contributed by atoms with van der Waals surface area (Å²) in [4.78, 5) is 15.6. The van der Waals surface area contributed by atoms with Gasteiger partial charge in [-0.15, -0.1) is 0 Å². The summed E-state index contributed by atoms with van der Waals surface area (Å²) in [6, 6.07) is 14.3. The summed E-state index contributed by atoms with van der Waals surface area (Å²) in [6.07, 6.45) is 0. The lowest BCUT2D eigenvalue weighted by Gasteiger charge is -2.28. The lowest BCUT2D eigenvalue weighted by atomic mass is 9.92. The van der Waals surface area contributed by atoms with Crippen molar-refractivity contribution in [3.05, 3.63) is 64.1 Å². The number of ether oxygens (including phenoxy) is 1. The fourth-order valence-corrected chi connectivity index (χ4v) is 4.09. The van der Waals surface area contributed by atoms with E-state index in [0.29, 0.717) is 18.6 Å². The van der Waals surface area contributed by atoms with Crippen molar-refractivity contribution in [3.8, 4) is 5.75 Å². The van der Waals surface area contributed by atoms with E-state index >= 15 is 0 Å². The van der Waals surface area contributed by atoms with Crippen LogP contribution in [-0.4, -0.2) is 28.7 Å². The molecule has 0 bridgehead atoms. The zero-order chi connectivity index (χ0) is 17.0. The Balaban J connectivity index is 1.73. The maximum Gasteiger partial charge on any atom is 0.327 e. The van der Waals surface area contributed by atoms with Gasteiger partial charge in [-0.3, -0.25) is 15.4 Å². The summed E-state index contributed by atoms with van der Waals surface area (Å²) in [6.45, 7) is 3.46. The number of hydrogen-bond acceptors (Lipinski definition) is 4. The zero-order valence-electron chi connectivity index (χ0n) is 14.0. The van der Waals surface area contributed by atoms with E-state index in [1.807, 2.05) is 41.0 Å². The van der Waals surface area contributed by atoms with E-state index in [1.54, 1.807) is 0 Å². The highest BCUT2D eigenvalue weighted by Gasteiger charge is 2.33. The molecule has 1 aromatic heterocycles. The predicted octanol–water partition coefficient (Wildman–Crippen LogP) is 1.89. The molecule has 3 heterocycles. The van der Waals surface area contributed by atoms with Crippen molar-refractivity contribution in [2.24, 2.45) is 0 Å². The van der Waals surface area contributed by atoms with Gasteiger partial charge in [0.2, 0.25) is 0 Å². The second-order valence-electron chi connectivity index (χ2n) is 6.84. The van der Waals surface area contributed by atoms with Crippen molar-refractivity contribution in [1.29, 1.82) is 0 Å². The van der Waals surface area contributed by atoms with Crippen LogP contribution in [0.3, 0.4) is 0 Å². The van der Waals surface area contributed by atoms with Crippen molar-refractivity contribution in [2.45, 2.75) is 24.9 Å². The fraction of sp³-hybridized carbons (Fsp3) is 0.316. The molecule has 3 atom stereocenters. The standard InChI is InChI=1S/C19H20N4O2/c1-11-14(9-20-22-11)13-7-8-15-17-18(13)25-10-16(23(17)19(24)21-15)12-5-3-2-4-6-12/h2-8,11,14,16,20,22H,9-10H2,1H3,(H,21,24). The quantitative estimate of drug-likeness (QED) is 0.668. The van der Waals surface area contributed by atoms with E-state index in [0.717, 1.165) is 34.5 Å². The van der Waals surface area contributed by atoms with Crippen LogP contribution in [0.15, 0.2) is 47.3 Å². The summed E-state index contributed by atoms with van der Waals surface area (Å²) in [5.41, 5.74) is 10.3. The van der Waals surface area contributed by atoms with Crippen LogP contribution >= 0.6 is 0 Å². The highest BCUT2D eigenvalue weighted by molar-refractivity contribution is 5.85. The molecule has 0 spiro atoms. The number of imidazole rings is 1. The Labute approximate surface area is 144 Å². The van der Waals surface area contributed by atoms with Crippen LogP contribution in [0.4, 0.5) is 0 Å². The van der Waals surface area contributed by atoms with Gasteiger partial charge in [-0.25, -0.2) is 4.79 Å². The molecule has 1 fully saturated rings. The zero-order valence-corrected chi connectivity index (χ0v) is 14.0. The molecule has 0 saturated carbocycles. The topological polar surface area (TPSA) is 71.1 Å². The summed E-state index contributed by atoms with van der Waals surface area (Å²) < 4.78 is 8.09. The van der Waals surface area contributed by atoms with Crippen LogP contribution in [-0.2, 0) is 0 Å². The third kappa shape index (κ3) is 2.14. The molecular weight excluding hydrogens is 316 g/mol. The van der Waals surface area contributed by atoms with Crippen LogP contribution in [0.5, 0.6) is 5.75 Å². The predicted molar refractivity (Wildman–Crippen MR) is 96.0 cm³/mol. The summed E-state index contributed by atoms with van der Waals surface area (Å²) in [7, 11) is 0. The number of nitrogens with zero attached hydrogens (tertiary/aromatic N) is 1. The Morgan fingerprint density at radius 3 is 2.76 bits per heavy atom. The number of aromatic amines is 1. The maximum absolute atomic E-state index is 12.7. The molecule has 2 aromatic carbocycles. The van der Waals surface area contributed by atoms with Gasteiger partial charge >= 0.3 is 5.69 Å². The molecule has 2 aliphatic rings. The monoisotopic (exact) mass is 336 g/mol. The van der Waals surface area contributed by atoms with Gasteiger partial charge in [-0.1, -0.05) is 36.4 Å². The summed E-state index contributed by atoms with van der Waals surface area (Å²) in [5, 5.41) is 0. The van der Waals surface area contributed by atoms with Gasteiger partial charge in [0.15, 0.2) is 0 Å². The van der Waals surface area contributed by atoms with Gasteiger partial charge in [0.1, 0.15) is 17.9 Å². The first-order valence-corrected chi connectivity index (χ1v) is 8.67. The van der Waals surface area contributed by atoms with Crippen LogP contribution in [0.2, 0.25) is 0 Å². The molecule has 128 valence electrons. The van der Waals surface area contributed by atoms with Crippen molar-refractivity contribution in [2.75, 3.05) is 13.2 Å². The molecule has 0 radical (unpaired) electrons. The Morgan fingerprint density at radius 2 is 2.00 bits per heavy atom. The molecule has 0 amide bonds. The molecule has 2 aliphatic heterocycles. The first kappa shape index (κ1) is 14.7. The Kier molecular flexibility index (Phi) is 3.23. The minimum absolute atomic E-state index is 0.0822. The Bertz CT molecular complexity index is 992. The van der Waals surface area contributed by atoms with E-state index < -0.39 is 0 Å². The summed E-state index contributed by atoms with van der Waals surface area (Å²) >= 11 is 0. The number of H-pyrrole nitrogens is 1. The van der Waals surface area contributed by atoms with E-state index in [1.165, 1.54) is 0 Å². The van der Waals surface area contributed by atoms with E-state index in [4.69, 9.17) is 4.74 Å². The minimum Gasteiger partial charge on any atom is -0.488 e. The maximum atomic E-state index is 12.7. The van der Waals surface area contributed by atoms with Crippen molar-refractivity contribution < 1.29 is 4.74 Å². The molecule has 6 nitrogen and oxygen atoms in total. The lowest BCUT2D eigenvalue weighted by molar-refractivity contribution is 0.252. The van der Waals surface area contributed by atoms with Gasteiger partial charge in [-0.05, 0) is 18.6 Å². The first-order valence-electron chi connectivity index (χ1n) is 8.67. The third-order valence-corrected chi connectivity index (χ3v) is 5.40. The van der Waals surface area contributed by atoms with Crippen LogP contribution in [0.25, 0.3) is 11.0 Å². The third-order valence-electron chi connectivity index (χ3n) is 5.40. The number of hydrazine groups is 1. The molecule has 3 unspecified atom stereocenters. The minimum atomic E-state index is -0.109. The van der Waals surface area contributed by atoms with Crippen molar-refractivity contribution in [3.63, 3.8) is 0 Å². The van der Waals surface area contributed by atoms with Crippen molar-refractivity contribution >= 4 is 11.0 Å². The molecule has 0 aliphatic carbocycles. The van der Waals surface area contributed by atoms with Crippen LogP contribution in [0, 0.1) is 0 Å². The highest BCUT2D eigenvalue weighted by Crippen LogP contribution is 2.40. The molecular formula is C19H20N4O2. The number of rotatable bonds is 2. The fourth-order valence-electron chi connectivity index (χ4n) is 4.09. The smallest absolute Gasteiger partial charge is 0.327 e. The van der Waals surface area contributed by atoms with Gasteiger partial charge in [-0.2, -0.15) is 0 Å². The lowest BCUT2D eigenvalue weighted by Crippen LogP contribution is -2.31. The molecule has 5 rings (SSSR count). The highest BCUT2D eigenvalue weighted by atomic mass is 16.5. The molecule has 6 heteroatoms. The molecule has 25 heavy (non-hydrogen) atoms. The van der Waals surface area contributed by atoms with E-state index in [-0.39, 0.29) is 11.7 Å².